The molecule has 0 amide bonds. The number of halogens is 6. The molecule has 0 spiro atoms. The first-order valence-corrected chi connectivity index (χ1v) is 19.5. The molecule has 1 unspecified atom stereocenters. The Bertz CT molecular complexity index is 475. The van der Waals surface area contributed by atoms with Crippen LogP contribution in [0.25, 0.3) is 0 Å². The van der Waals surface area contributed by atoms with E-state index in [2.05, 4.69) is 55.4 Å². The molecular formula is C17H32AlCl6P. The molecule has 0 nitrogen and oxygen atoms in total. The van der Waals surface area contributed by atoms with E-state index >= 15 is 0 Å². The third-order valence-electron chi connectivity index (χ3n) is 7.31. The summed E-state index contributed by atoms with van der Waals surface area (Å²) in [6, 6.07) is 0. The van der Waals surface area contributed by atoms with Crippen molar-refractivity contribution >= 4 is 78.0 Å². The number of rotatable bonds is 2. The van der Waals surface area contributed by atoms with Crippen LogP contribution in [0.3, 0.4) is 0 Å². The Morgan fingerprint density at radius 3 is 1.60 bits per heavy atom. The van der Waals surface area contributed by atoms with Gasteiger partial charge in [-0.1, -0.05) is 41.5 Å². The monoisotopic (exact) mass is 504 g/mol. The molecule has 2 bridgehead atoms. The molecule has 3 saturated carbocycles. The Kier molecular flexibility index (Phi) is 8.33. The lowest BCUT2D eigenvalue weighted by Gasteiger charge is -2.62. The fourth-order valence-corrected chi connectivity index (χ4v) is 10.5. The van der Waals surface area contributed by atoms with Crippen molar-refractivity contribution in [1.82, 2.24) is 0 Å². The number of hydrogen-bond acceptors (Lipinski definition) is 0. The summed E-state index contributed by atoms with van der Waals surface area (Å²) >= 11 is 14.3. The van der Waals surface area contributed by atoms with E-state index in [0.29, 0.717) is 17.0 Å². The lowest BCUT2D eigenvalue weighted by molar-refractivity contribution is -0.0962. The van der Waals surface area contributed by atoms with E-state index in [-0.39, 0.29) is 10.6 Å². The van der Waals surface area contributed by atoms with E-state index in [0.717, 1.165) is 11.8 Å². The second-order valence-corrected chi connectivity index (χ2v) is 29.4. The minimum Gasteiger partial charge on any atom is -0.391 e. The molecule has 0 heterocycles. The summed E-state index contributed by atoms with van der Waals surface area (Å²) < 4.78 is 0. The predicted octanol–water partition coefficient (Wildman–Crippen LogP) is 9.58. The minimum absolute atomic E-state index is 0.00401. The molecule has 3 rings (SSSR count). The summed E-state index contributed by atoms with van der Waals surface area (Å²) in [5.74, 6) is 0.302. The van der Waals surface area contributed by atoms with E-state index < -0.39 is 15.4 Å². The SMILES string of the molecule is C[C@H]1C([P+](Cl)(Cl)C(C)(C)C(C)(C)C)C[C@@H]2C[C@H]1C2(C)C.[Cl][Al-]([Cl])([Cl])[Cl]. The van der Waals surface area contributed by atoms with E-state index in [1.807, 2.05) is 0 Å². The Balaban J connectivity index is 0.000000550. The molecule has 0 aromatic carbocycles. The van der Waals surface area contributed by atoms with E-state index in [4.69, 9.17) is 62.7 Å². The minimum atomic E-state index is -2.94. The maximum absolute atomic E-state index is 7.14. The fraction of sp³-hybridized carbons (Fsp3) is 1.00. The highest BCUT2D eigenvalue weighted by atomic mass is 35.9. The summed E-state index contributed by atoms with van der Waals surface area (Å²) in [5, 5.41) is -0.00401. The summed E-state index contributed by atoms with van der Waals surface area (Å²) in [5.41, 5.74) is 1.17. The number of fused-ring (bicyclic) bond motifs is 2. The maximum Gasteiger partial charge on any atom is 0.564 e. The van der Waals surface area contributed by atoms with Gasteiger partial charge in [-0.25, -0.2) is 0 Å². The van der Waals surface area contributed by atoms with Crippen molar-refractivity contribution in [3.8, 4) is 0 Å². The zero-order chi connectivity index (χ0) is 20.2. The van der Waals surface area contributed by atoms with Gasteiger partial charge >= 0.3 is 9.39 Å². The van der Waals surface area contributed by atoms with Gasteiger partial charge in [-0.2, -0.15) is 0 Å². The van der Waals surface area contributed by atoms with Crippen molar-refractivity contribution in [1.29, 1.82) is 0 Å². The molecule has 8 heteroatoms. The van der Waals surface area contributed by atoms with Crippen LogP contribution in [0.4, 0.5) is 0 Å². The molecule has 3 fully saturated rings. The highest BCUT2D eigenvalue weighted by Gasteiger charge is 2.69. The van der Waals surface area contributed by atoms with Crippen LogP contribution in [0.1, 0.15) is 68.2 Å². The van der Waals surface area contributed by atoms with Gasteiger partial charge in [0.15, 0.2) is 0 Å². The van der Waals surface area contributed by atoms with Gasteiger partial charge in [-0.15, -0.1) is 0 Å². The first-order valence-electron chi connectivity index (χ1n) is 8.90. The van der Waals surface area contributed by atoms with Gasteiger partial charge in [0, 0.05) is 5.41 Å². The van der Waals surface area contributed by atoms with Crippen LogP contribution in [0.15, 0.2) is 0 Å². The lowest BCUT2D eigenvalue weighted by atomic mass is 9.46. The summed E-state index contributed by atoms with van der Waals surface area (Å²) in [4.78, 5) is 0. The van der Waals surface area contributed by atoms with Gasteiger partial charge < -0.3 is 40.2 Å². The first-order chi connectivity index (χ1) is 10.7. The standard InChI is InChI=1S/C17H32Cl2P.Al.4ClH/c1-11-13-9-12(16(13,5)6)10-14(11)20(18,19)17(7,8)15(2,3)4;;;;;/h11-14H,9-10H2,1-8H3;;4*1H/q+1;+3;;;;/p-4/t11-,12+,13-,14?;;;;;/m1...../s1. The van der Waals surface area contributed by atoms with Gasteiger partial charge in [0.25, 0.3) is 0 Å². The Hall–Kier alpha value is 2.70. The summed E-state index contributed by atoms with van der Waals surface area (Å²) in [6.07, 6.45) is 2.64. The highest BCUT2D eigenvalue weighted by Crippen LogP contribution is 2.87. The third kappa shape index (κ3) is 5.45. The van der Waals surface area contributed by atoms with Crippen LogP contribution in [0, 0.1) is 28.6 Å². The Labute approximate surface area is 184 Å². The molecule has 0 N–H and O–H groups in total. The van der Waals surface area contributed by atoms with Crippen molar-refractivity contribution in [2.45, 2.75) is 79.0 Å². The van der Waals surface area contributed by atoms with E-state index in [1.165, 1.54) is 12.8 Å². The van der Waals surface area contributed by atoms with Gasteiger partial charge in [0.05, 0.1) is 0 Å². The van der Waals surface area contributed by atoms with Crippen LogP contribution in [0.2, 0.25) is 0 Å². The quantitative estimate of drug-likeness (QED) is 0.258. The Morgan fingerprint density at radius 2 is 1.32 bits per heavy atom. The average molecular weight is 507 g/mol. The molecule has 0 aromatic rings. The van der Waals surface area contributed by atoms with Crippen molar-refractivity contribution in [2.75, 3.05) is 0 Å². The summed E-state index contributed by atoms with van der Waals surface area (Å²) in [6.45, 7) is 18.7. The van der Waals surface area contributed by atoms with E-state index in [1.54, 1.807) is 0 Å². The zero-order valence-corrected chi connectivity index (χ0v) is 23.1. The molecule has 0 aromatic heterocycles. The summed E-state index contributed by atoms with van der Waals surface area (Å²) in [7, 11) is 17.0. The topological polar surface area (TPSA) is 0 Å². The molecule has 150 valence electrons. The Morgan fingerprint density at radius 1 is 0.920 bits per heavy atom. The highest BCUT2D eigenvalue weighted by molar-refractivity contribution is 8.18. The molecule has 0 aliphatic heterocycles. The third-order valence-corrected chi connectivity index (χ3v) is 15.0. The molecule has 4 atom stereocenters. The largest absolute Gasteiger partial charge is 0.564 e. The molecule has 0 radical (unpaired) electrons. The molecular weight excluding hydrogens is 475 g/mol. The normalized spacial score (nSPS) is 32.4. The van der Waals surface area contributed by atoms with Gasteiger partial charge in [-0.05, 0) is 49.9 Å². The molecule has 3 aliphatic rings. The van der Waals surface area contributed by atoms with Crippen LogP contribution < -0.4 is 0 Å². The molecule has 25 heavy (non-hydrogen) atoms. The number of hydrogen-bond donors (Lipinski definition) is 0. The second-order valence-electron chi connectivity index (χ2n) is 9.88. The second kappa shape index (κ2) is 8.09. The maximum atomic E-state index is 7.14. The fourth-order valence-electron chi connectivity index (χ4n) is 4.41. The smallest absolute Gasteiger partial charge is 0.391 e. The predicted molar refractivity (Wildman–Crippen MR) is 124 cm³/mol. The first kappa shape index (κ1) is 25.7. The van der Waals surface area contributed by atoms with Crippen LogP contribution >= 0.6 is 68.6 Å². The average Bonchev–Trinajstić information content (AvgIpc) is 2.34. The van der Waals surface area contributed by atoms with Crippen LogP contribution in [0.5, 0.6) is 0 Å². The lowest BCUT2D eigenvalue weighted by Crippen LogP contribution is -2.57. The van der Waals surface area contributed by atoms with Gasteiger partial charge in [-0.3, -0.25) is 0 Å². The van der Waals surface area contributed by atoms with Crippen molar-refractivity contribution < 1.29 is 0 Å². The van der Waals surface area contributed by atoms with Crippen molar-refractivity contribution in [3.63, 3.8) is 0 Å². The van der Waals surface area contributed by atoms with Gasteiger partial charge in [0.2, 0.25) is 5.97 Å². The van der Waals surface area contributed by atoms with Gasteiger partial charge in [0.1, 0.15) is 33.3 Å². The van der Waals surface area contributed by atoms with Crippen LogP contribution in [-0.2, 0) is 0 Å². The molecule has 3 aliphatic carbocycles. The van der Waals surface area contributed by atoms with Crippen molar-refractivity contribution in [3.05, 3.63) is 0 Å². The molecule has 0 saturated heterocycles. The van der Waals surface area contributed by atoms with E-state index in [9.17, 15) is 0 Å². The zero-order valence-electron chi connectivity index (χ0n) is 16.5. The van der Waals surface area contributed by atoms with Crippen LogP contribution in [-0.4, -0.2) is 20.2 Å². The van der Waals surface area contributed by atoms with Crippen molar-refractivity contribution in [2.24, 2.45) is 28.6 Å².